The second-order valence-corrected chi connectivity index (χ2v) is 7.87. The van der Waals surface area contributed by atoms with E-state index in [0.29, 0.717) is 0 Å². The summed E-state index contributed by atoms with van der Waals surface area (Å²) in [5, 5.41) is 3.93. The first-order valence-corrected chi connectivity index (χ1v) is 13.5. The summed E-state index contributed by atoms with van der Waals surface area (Å²) in [5.41, 5.74) is 6.82. The number of aryl methyl sites for hydroxylation is 1. The Bertz CT molecular complexity index is 1280. The predicted octanol–water partition coefficient (Wildman–Crippen LogP) is 1.52. The number of benzene rings is 3. The zero-order valence-electron chi connectivity index (χ0n) is 16.7. The molecule has 0 unspecified atom stereocenters. The van der Waals surface area contributed by atoms with E-state index >= 15 is 0 Å². The van der Waals surface area contributed by atoms with E-state index in [4.69, 9.17) is 0 Å². The van der Waals surface area contributed by atoms with E-state index in [-0.39, 0.29) is 24.8 Å². The molecule has 1 aliphatic carbocycles. The van der Waals surface area contributed by atoms with Gasteiger partial charge in [-0.25, -0.2) is 0 Å². The summed E-state index contributed by atoms with van der Waals surface area (Å²) in [6, 6.07) is 30.8. The van der Waals surface area contributed by atoms with Crippen LogP contribution in [0.3, 0.4) is 0 Å². The van der Waals surface area contributed by atoms with Gasteiger partial charge in [-0.2, -0.15) is 17.5 Å². The second kappa shape index (κ2) is 11.7. The molecule has 4 aromatic carbocycles. The molecule has 1 aromatic heterocycles. The van der Waals surface area contributed by atoms with Crippen molar-refractivity contribution >= 4 is 46.5 Å². The number of fused-ring (bicyclic) bond motifs is 6. The quantitative estimate of drug-likeness (QED) is 0.238. The average molecular weight is 607 g/mol. The molecule has 0 amide bonds. The summed E-state index contributed by atoms with van der Waals surface area (Å²) in [6.45, 7) is 0. The van der Waals surface area contributed by atoms with Crippen molar-refractivity contribution in [2.24, 2.45) is 7.05 Å². The van der Waals surface area contributed by atoms with Gasteiger partial charge in [-0.15, -0.1) is 59.3 Å². The number of rotatable bonds is 0. The van der Waals surface area contributed by atoms with Crippen LogP contribution < -0.4 is 24.8 Å². The number of hydrogen-bond donors (Lipinski definition) is 0. The van der Waals surface area contributed by atoms with Crippen molar-refractivity contribution in [2.45, 2.75) is 6.42 Å². The fourth-order valence-electron chi connectivity index (χ4n) is 4.11. The van der Waals surface area contributed by atoms with Crippen LogP contribution in [-0.2, 0) is 36.1 Å². The third-order valence-corrected chi connectivity index (χ3v) is 5.85. The molecule has 0 radical (unpaired) electrons. The molecule has 0 bridgehead atoms. The first-order valence-electron chi connectivity index (χ1n) is 9.30. The van der Waals surface area contributed by atoms with Crippen LogP contribution in [0.1, 0.15) is 11.1 Å². The minimum atomic E-state index is 0. The molecule has 1 heterocycles. The van der Waals surface area contributed by atoms with Gasteiger partial charge in [0, 0.05) is 17.2 Å². The van der Waals surface area contributed by atoms with Gasteiger partial charge in [0.1, 0.15) is 0 Å². The summed E-state index contributed by atoms with van der Waals surface area (Å²) >= 11 is 4.68. The summed E-state index contributed by atoms with van der Waals surface area (Å²) in [6.07, 6.45) is 1.02. The normalized spacial score (nSPS) is 10.6. The Morgan fingerprint density at radius 1 is 1.03 bits per heavy atom. The van der Waals surface area contributed by atoms with Crippen molar-refractivity contribution < 1.29 is 47.5 Å². The van der Waals surface area contributed by atoms with Crippen molar-refractivity contribution in [2.75, 3.05) is 0 Å². The minimum absolute atomic E-state index is 0. The van der Waals surface area contributed by atoms with Crippen LogP contribution in [-0.4, -0.2) is 4.57 Å². The number of aromatic nitrogens is 1. The van der Waals surface area contributed by atoms with Crippen LogP contribution >= 0.6 is 24.8 Å². The van der Waals surface area contributed by atoms with E-state index in [2.05, 4.69) is 115 Å². The molecule has 0 saturated heterocycles. The number of halogens is 3. The summed E-state index contributed by atoms with van der Waals surface area (Å²) in [4.78, 5) is 0. The largest absolute Gasteiger partial charge is 0.168 e. The van der Waals surface area contributed by atoms with Crippen LogP contribution in [0, 0.1) is 6.07 Å². The zero-order chi connectivity index (χ0) is 20.4. The molecule has 0 aliphatic heterocycles. The van der Waals surface area contributed by atoms with Gasteiger partial charge in [0.05, 0.1) is 0 Å². The van der Waals surface area contributed by atoms with Crippen LogP contribution in [0.5, 0.6) is 0 Å². The maximum absolute atomic E-state index is 4.17. The predicted molar refractivity (Wildman–Crippen MR) is 125 cm³/mol. The average Bonchev–Trinajstić information content (AvgIpc) is 3.45. The Hall–Kier alpha value is -1.03. The second-order valence-electron chi connectivity index (χ2n) is 6.95. The van der Waals surface area contributed by atoms with Gasteiger partial charge in [0.15, 0.2) is 0 Å². The molecule has 31 heavy (non-hydrogen) atoms. The van der Waals surface area contributed by atoms with E-state index in [1.165, 1.54) is 44.1 Å². The topological polar surface area (TPSA) is 4.93 Å². The Labute approximate surface area is 221 Å². The van der Waals surface area contributed by atoms with Gasteiger partial charge in [-0.05, 0) is 35.2 Å². The number of hydrogen-bond acceptors (Lipinski definition) is 1. The molecule has 0 saturated carbocycles. The van der Waals surface area contributed by atoms with Crippen LogP contribution in [0.4, 0.5) is 0 Å². The zero-order valence-corrected chi connectivity index (χ0v) is 23.1. The van der Waals surface area contributed by atoms with Gasteiger partial charge >= 0.3 is 31.5 Å². The van der Waals surface area contributed by atoms with E-state index in [9.17, 15) is 0 Å². The van der Waals surface area contributed by atoms with Gasteiger partial charge in [0.2, 0.25) is 0 Å². The molecule has 0 N–H and O–H groups in total. The Balaban J connectivity index is 0.000000224. The summed E-state index contributed by atoms with van der Waals surface area (Å²) in [7, 11) is 6.32. The molecule has 0 fully saturated rings. The SMILES string of the molecule is Cn1c2c(c3[c-]cccc31)Cc1cc(Br)ccc1-2.[Cl-].[Cl-].[S]=[Zr+2].c1ccc2[cH-]ccc2c1. The standard InChI is InChI=1S/C16H11BrN.C9H7.2ClH.S.Zr/c1-18-15-5-3-2-4-13(15)14-9-10-8-11(17)6-7-12(10)16(14)18;1-2-5-9-7-3-6-8(9)4-1;;;;/h2-3,5-8H,9H2,1H3;1-7H;2*1H;;/q2*-1;;;;+2/p-2. The molecule has 1 aliphatic rings. The Kier molecular flexibility index (Phi) is 9.92. The van der Waals surface area contributed by atoms with Gasteiger partial charge in [-0.1, -0.05) is 33.6 Å². The first-order chi connectivity index (χ1) is 14.2. The van der Waals surface area contributed by atoms with Gasteiger partial charge in [0.25, 0.3) is 0 Å². The summed E-state index contributed by atoms with van der Waals surface area (Å²) in [5.74, 6) is 0. The third-order valence-electron chi connectivity index (χ3n) is 5.36. The van der Waals surface area contributed by atoms with Crippen molar-refractivity contribution in [3.8, 4) is 11.3 Å². The molecular weight excluding hydrogens is 588 g/mol. The minimum Gasteiger partial charge on any atom is -0.168 e. The van der Waals surface area contributed by atoms with Crippen molar-refractivity contribution in [1.82, 2.24) is 4.57 Å². The monoisotopic (exact) mass is 603 g/mol. The number of nitrogens with zero attached hydrogens (tertiary/aromatic N) is 1. The molecule has 6 rings (SSSR count). The smallest absolute Gasteiger partial charge is 0.0809 e. The maximum Gasteiger partial charge on any atom is -0.0809 e. The molecule has 1 nitrogen and oxygen atoms in total. The third kappa shape index (κ3) is 5.15. The van der Waals surface area contributed by atoms with Crippen LogP contribution in [0.2, 0.25) is 0 Å². The van der Waals surface area contributed by atoms with Crippen LogP contribution in [0.25, 0.3) is 32.9 Å². The fourth-order valence-corrected chi connectivity index (χ4v) is 4.51. The molecule has 6 heteroatoms. The van der Waals surface area contributed by atoms with Crippen molar-refractivity contribution in [1.29, 1.82) is 0 Å². The fraction of sp³-hybridized carbons (Fsp3) is 0.0800. The maximum atomic E-state index is 4.17. The Morgan fingerprint density at radius 3 is 2.58 bits per heavy atom. The van der Waals surface area contributed by atoms with E-state index < -0.39 is 0 Å². The molecule has 0 atom stereocenters. The molecular formula is C25H18BrCl2NSZr-2. The van der Waals surface area contributed by atoms with Gasteiger partial charge < -0.3 is 29.4 Å². The van der Waals surface area contributed by atoms with Crippen molar-refractivity contribution in [3.05, 3.63) is 101 Å². The molecule has 5 aromatic rings. The van der Waals surface area contributed by atoms with E-state index in [0.717, 1.165) is 33.6 Å². The molecule has 0 spiro atoms. The van der Waals surface area contributed by atoms with Crippen LogP contribution in [0.15, 0.2) is 83.3 Å². The van der Waals surface area contributed by atoms with E-state index in [1.807, 2.05) is 6.07 Å². The first kappa shape index (κ1) is 26.2. The van der Waals surface area contributed by atoms with Gasteiger partial charge in [-0.3, -0.25) is 0 Å². The molecule has 156 valence electrons. The van der Waals surface area contributed by atoms with Crippen molar-refractivity contribution in [3.63, 3.8) is 0 Å². The summed E-state index contributed by atoms with van der Waals surface area (Å²) < 4.78 is 3.45. The van der Waals surface area contributed by atoms with E-state index in [1.54, 1.807) is 0 Å². The Morgan fingerprint density at radius 2 is 1.81 bits per heavy atom.